The lowest BCUT2D eigenvalue weighted by atomic mass is 10.0. The van der Waals surface area contributed by atoms with E-state index in [0.717, 1.165) is 50.7 Å². The molecule has 1 heterocycles. The topological polar surface area (TPSA) is 94.8 Å². The van der Waals surface area contributed by atoms with Gasteiger partial charge in [-0.05, 0) is 37.5 Å². The van der Waals surface area contributed by atoms with Gasteiger partial charge in [-0.15, -0.1) is 24.0 Å². The molecule has 3 N–H and O–H groups in total. The largest absolute Gasteiger partial charge is 0.383 e. The molecule has 1 fully saturated rings. The van der Waals surface area contributed by atoms with Gasteiger partial charge in [0, 0.05) is 56.6 Å². The third-order valence-electron chi connectivity index (χ3n) is 5.31. The van der Waals surface area contributed by atoms with Crippen LogP contribution in [0, 0.1) is 10.1 Å². The van der Waals surface area contributed by atoms with Crippen LogP contribution in [0.25, 0.3) is 0 Å². The number of hydrogen-bond acceptors (Lipinski definition) is 5. The van der Waals surface area contributed by atoms with Crippen molar-refractivity contribution in [1.29, 1.82) is 0 Å². The Kier molecular flexibility index (Phi) is 11.2. The van der Waals surface area contributed by atoms with Crippen LogP contribution in [0.5, 0.6) is 0 Å². The van der Waals surface area contributed by atoms with Crippen LogP contribution in [-0.2, 0) is 6.54 Å². The zero-order chi connectivity index (χ0) is 21.9. The minimum Gasteiger partial charge on any atom is -0.383 e. The Balaban J connectivity index is 0.00000363. The molecule has 0 amide bonds. The molecule has 0 radical (unpaired) electrons. The first-order valence-corrected chi connectivity index (χ1v) is 10.9. The number of nitrogens with one attached hydrogen (secondary N) is 3. The van der Waals surface area contributed by atoms with E-state index in [0.29, 0.717) is 19.1 Å². The maximum absolute atomic E-state index is 10.7. The number of piperidine rings is 1. The normalized spacial score (nSPS) is 15.0. The maximum atomic E-state index is 10.7. The highest BCUT2D eigenvalue weighted by atomic mass is 127. The van der Waals surface area contributed by atoms with E-state index in [-0.39, 0.29) is 29.7 Å². The van der Waals surface area contributed by atoms with Crippen molar-refractivity contribution in [2.24, 2.45) is 4.99 Å². The molecule has 0 aromatic heterocycles. The molecular weight excluding hydrogens is 519 g/mol. The van der Waals surface area contributed by atoms with Crippen molar-refractivity contribution in [3.05, 3.63) is 70.3 Å². The second kappa shape index (κ2) is 13.9. The highest BCUT2D eigenvalue weighted by Crippen LogP contribution is 2.15. The summed E-state index contributed by atoms with van der Waals surface area (Å²) in [5.74, 6) is 0.842. The van der Waals surface area contributed by atoms with Crippen LogP contribution in [0.1, 0.15) is 25.3 Å². The van der Waals surface area contributed by atoms with E-state index < -0.39 is 4.92 Å². The average Bonchev–Trinajstić information content (AvgIpc) is 2.79. The van der Waals surface area contributed by atoms with Crippen molar-refractivity contribution < 1.29 is 4.92 Å². The molecular formula is C23H33IN6O2. The van der Waals surface area contributed by atoms with Crippen LogP contribution in [0.2, 0.25) is 0 Å². The lowest BCUT2D eigenvalue weighted by Crippen LogP contribution is -2.48. The zero-order valence-electron chi connectivity index (χ0n) is 18.5. The fourth-order valence-corrected chi connectivity index (χ4v) is 3.66. The van der Waals surface area contributed by atoms with E-state index in [1.807, 2.05) is 0 Å². The number of guanidine groups is 1. The number of non-ortho nitro benzene ring substituents is 1. The summed E-state index contributed by atoms with van der Waals surface area (Å²) in [5.41, 5.74) is 2.31. The molecule has 2 aromatic carbocycles. The summed E-state index contributed by atoms with van der Waals surface area (Å²) in [4.78, 5) is 17.5. The molecule has 3 rings (SSSR count). The predicted molar refractivity (Wildman–Crippen MR) is 141 cm³/mol. The lowest BCUT2D eigenvalue weighted by molar-refractivity contribution is -0.384. The van der Waals surface area contributed by atoms with Gasteiger partial charge in [0.2, 0.25) is 0 Å². The van der Waals surface area contributed by atoms with E-state index in [9.17, 15) is 10.1 Å². The predicted octanol–water partition coefficient (Wildman–Crippen LogP) is 3.84. The minimum atomic E-state index is -0.394. The van der Waals surface area contributed by atoms with Crippen molar-refractivity contribution in [3.8, 4) is 0 Å². The van der Waals surface area contributed by atoms with Gasteiger partial charge < -0.3 is 16.0 Å². The third-order valence-corrected chi connectivity index (χ3v) is 5.31. The van der Waals surface area contributed by atoms with Crippen LogP contribution in [0.3, 0.4) is 0 Å². The van der Waals surface area contributed by atoms with Crippen LogP contribution in [-0.4, -0.2) is 54.5 Å². The van der Waals surface area contributed by atoms with Gasteiger partial charge in [-0.3, -0.25) is 20.0 Å². The molecule has 1 aliphatic rings. The van der Waals surface area contributed by atoms with Gasteiger partial charge >= 0.3 is 0 Å². The van der Waals surface area contributed by atoms with Gasteiger partial charge in [0.05, 0.1) is 11.5 Å². The van der Waals surface area contributed by atoms with Gasteiger partial charge in [-0.25, -0.2) is 0 Å². The summed E-state index contributed by atoms with van der Waals surface area (Å²) in [5, 5.41) is 20.9. The van der Waals surface area contributed by atoms with E-state index >= 15 is 0 Å². The average molecular weight is 552 g/mol. The molecule has 174 valence electrons. The zero-order valence-corrected chi connectivity index (χ0v) is 20.8. The quantitative estimate of drug-likeness (QED) is 0.109. The van der Waals surface area contributed by atoms with Crippen LogP contribution in [0.15, 0.2) is 59.6 Å². The SMILES string of the molecule is CCNC(=NCCNc1ccc([N+](=O)[O-])cc1)NC1CCN(Cc2ccccc2)CC1.I. The highest BCUT2D eigenvalue weighted by molar-refractivity contribution is 14.0. The number of halogens is 1. The smallest absolute Gasteiger partial charge is 0.269 e. The van der Waals surface area contributed by atoms with Crippen LogP contribution >= 0.6 is 24.0 Å². The Morgan fingerprint density at radius 2 is 1.81 bits per heavy atom. The molecule has 1 aliphatic heterocycles. The Bertz CT molecular complexity index is 839. The molecule has 0 atom stereocenters. The second-order valence-corrected chi connectivity index (χ2v) is 7.67. The number of nitro groups is 1. The number of likely N-dealkylation sites (tertiary alicyclic amines) is 1. The van der Waals surface area contributed by atoms with Gasteiger partial charge in [-0.2, -0.15) is 0 Å². The Labute approximate surface area is 207 Å². The number of anilines is 1. The first-order chi connectivity index (χ1) is 15.1. The van der Waals surface area contributed by atoms with E-state index in [1.54, 1.807) is 12.1 Å². The van der Waals surface area contributed by atoms with Crippen LogP contribution in [0.4, 0.5) is 11.4 Å². The molecule has 1 saturated heterocycles. The Morgan fingerprint density at radius 1 is 1.12 bits per heavy atom. The van der Waals surface area contributed by atoms with Crippen molar-refractivity contribution >= 4 is 41.3 Å². The van der Waals surface area contributed by atoms with Crippen molar-refractivity contribution in [2.75, 3.05) is 38.0 Å². The fourth-order valence-electron chi connectivity index (χ4n) is 3.66. The molecule has 8 nitrogen and oxygen atoms in total. The molecule has 0 aliphatic carbocycles. The Hall–Kier alpha value is -2.40. The molecule has 0 bridgehead atoms. The van der Waals surface area contributed by atoms with Crippen molar-refractivity contribution in [3.63, 3.8) is 0 Å². The molecule has 9 heteroatoms. The van der Waals surface area contributed by atoms with Crippen molar-refractivity contribution in [2.45, 2.75) is 32.4 Å². The molecule has 0 spiro atoms. The summed E-state index contributed by atoms with van der Waals surface area (Å²) in [7, 11) is 0. The van der Waals surface area contributed by atoms with Crippen LogP contribution < -0.4 is 16.0 Å². The first-order valence-electron chi connectivity index (χ1n) is 10.9. The number of benzene rings is 2. The number of aliphatic imine (C=N–C) groups is 1. The van der Waals surface area contributed by atoms with Gasteiger partial charge in [-0.1, -0.05) is 30.3 Å². The second-order valence-electron chi connectivity index (χ2n) is 7.67. The molecule has 0 unspecified atom stereocenters. The first kappa shape index (κ1) is 25.9. The van der Waals surface area contributed by atoms with Gasteiger partial charge in [0.1, 0.15) is 0 Å². The fraction of sp³-hybridized carbons (Fsp3) is 0.435. The monoisotopic (exact) mass is 552 g/mol. The Morgan fingerprint density at radius 3 is 2.44 bits per heavy atom. The number of nitro benzene ring substituents is 1. The summed E-state index contributed by atoms with van der Waals surface area (Å²) >= 11 is 0. The van der Waals surface area contributed by atoms with Gasteiger partial charge in [0.15, 0.2) is 5.96 Å². The molecule has 32 heavy (non-hydrogen) atoms. The van der Waals surface area contributed by atoms with Gasteiger partial charge in [0.25, 0.3) is 5.69 Å². The van der Waals surface area contributed by atoms with E-state index in [2.05, 4.69) is 63.1 Å². The minimum absolute atomic E-state index is 0. The van der Waals surface area contributed by atoms with Crippen molar-refractivity contribution in [1.82, 2.24) is 15.5 Å². The summed E-state index contributed by atoms with van der Waals surface area (Å²) in [6, 6.07) is 17.5. The number of nitrogens with zero attached hydrogens (tertiary/aromatic N) is 3. The summed E-state index contributed by atoms with van der Waals surface area (Å²) in [6.07, 6.45) is 2.19. The van der Waals surface area contributed by atoms with E-state index in [1.165, 1.54) is 17.7 Å². The lowest BCUT2D eigenvalue weighted by Gasteiger charge is -2.33. The number of rotatable bonds is 9. The number of hydrogen-bond donors (Lipinski definition) is 3. The summed E-state index contributed by atoms with van der Waals surface area (Å²) < 4.78 is 0. The third kappa shape index (κ3) is 8.62. The standard InChI is InChI=1S/C23H32N6O2.HI/c1-2-24-23(26-15-14-25-20-8-10-22(11-9-20)29(30)31)27-21-12-16-28(17-13-21)18-19-6-4-3-5-7-19;/h3-11,21,25H,2,12-18H2,1H3,(H2,24,26,27);1H. The summed E-state index contributed by atoms with van der Waals surface area (Å²) in [6.45, 7) is 7.31. The maximum Gasteiger partial charge on any atom is 0.269 e. The molecule has 2 aromatic rings. The molecule has 0 saturated carbocycles. The highest BCUT2D eigenvalue weighted by Gasteiger charge is 2.20. The van der Waals surface area contributed by atoms with E-state index in [4.69, 9.17) is 0 Å².